The second kappa shape index (κ2) is 3.73. The molecule has 0 aromatic carbocycles. The lowest BCUT2D eigenvalue weighted by Crippen LogP contribution is -2.27. The van der Waals surface area contributed by atoms with Gasteiger partial charge >= 0.3 is 6.18 Å². The van der Waals surface area contributed by atoms with Crippen molar-refractivity contribution in [1.29, 1.82) is 0 Å². The zero-order valence-corrected chi connectivity index (χ0v) is 6.54. The molecule has 0 saturated heterocycles. The van der Waals surface area contributed by atoms with Crippen molar-refractivity contribution in [2.75, 3.05) is 20.8 Å². The van der Waals surface area contributed by atoms with E-state index < -0.39 is 24.4 Å². The molecular weight excluding hydrogens is 181 g/mol. The Morgan fingerprint density at radius 2 is 1.67 bits per heavy atom. The van der Waals surface area contributed by atoms with E-state index in [1.165, 1.54) is 0 Å². The van der Waals surface area contributed by atoms with E-state index in [1.807, 2.05) is 0 Å². The number of rotatable bonds is 2. The number of alkyl halides is 4. The third-order valence-corrected chi connectivity index (χ3v) is 1.09. The highest BCUT2D eigenvalue weighted by molar-refractivity contribution is 5.12. The molecule has 0 radical (unpaired) electrons. The molecule has 0 spiro atoms. The highest BCUT2D eigenvalue weighted by Gasteiger charge is 2.38. The molecule has 0 fully saturated rings. The fourth-order valence-electron chi connectivity index (χ4n) is 0.713. The average Bonchev–Trinajstić information content (AvgIpc) is 1.83. The highest BCUT2D eigenvalue weighted by atomic mass is 19.4. The molecule has 0 saturated carbocycles. The topological polar surface area (TPSA) is 3.24 Å². The summed E-state index contributed by atoms with van der Waals surface area (Å²) in [7, 11) is 2.00. The number of hydrogen-bond acceptors (Lipinski definition) is 1. The van der Waals surface area contributed by atoms with Crippen molar-refractivity contribution in [3.63, 3.8) is 0 Å². The van der Waals surface area contributed by atoms with E-state index in [0.29, 0.717) is 4.90 Å². The molecule has 0 N–H and O–H groups in total. The number of allylic oxidation sites excluding steroid dienone is 2. The molecule has 0 atom stereocenters. The first-order valence-corrected chi connectivity index (χ1v) is 2.99. The van der Waals surface area contributed by atoms with Crippen molar-refractivity contribution < 1.29 is 22.0 Å². The fourth-order valence-corrected chi connectivity index (χ4v) is 0.713. The monoisotopic (exact) mass is 189 g/mol. The predicted octanol–water partition coefficient (Wildman–Crippen LogP) is 2.26. The quantitative estimate of drug-likeness (QED) is 0.602. The molecule has 0 aromatic heterocycles. The van der Waals surface area contributed by atoms with E-state index >= 15 is 0 Å². The minimum Gasteiger partial charge on any atom is -0.371 e. The lowest BCUT2D eigenvalue weighted by Gasteiger charge is -2.19. The molecule has 0 amide bonds. The third-order valence-electron chi connectivity index (χ3n) is 1.09. The van der Waals surface area contributed by atoms with Crippen LogP contribution in [0.2, 0.25) is 0 Å². The van der Waals surface area contributed by atoms with Gasteiger partial charge in [0.05, 0.1) is 0 Å². The van der Waals surface area contributed by atoms with Crippen molar-refractivity contribution in [2.45, 2.75) is 6.18 Å². The average molecular weight is 189 g/mol. The lowest BCUT2D eigenvalue weighted by atomic mass is 10.3. The van der Waals surface area contributed by atoms with Crippen LogP contribution in [0.1, 0.15) is 0 Å². The van der Waals surface area contributed by atoms with Gasteiger partial charge in [-0.15, -0.1) is 0 Å². The molecule has 0 aliphatic heterocycles. The van der Waals surface area contributed by atoms with Crippen molar-refractivity contribution >= 4 is 0 Å². The largest absolute Gasteiger partial charge is 0.433 e. The van der Waals surface area contributed by atoms with E-state index in [2.05, 4.69) is 0 Å². The molecular formula is C6H8F5N. The van der Waals surface area contributed by atoms with Gasteiger partial charge in [-0.05, 0) is 0 Å². The Hall–Kier alpha value is -0.810. The second-order valence-electron chi connectivity index (χ2n) is 2.28. The molecule has 12 heavy (non-hydrogen) atoms. The zero-order chi connectivity index (χ0) is 9.94. The van der Waals surface area contributed by atoms with E-state index in [-0.39, 0.29) is 0 Å². The maximum atomic E-state index is 12.3. The van der Waals surface area contributed by atoms with Crippen LogP contribution in [0.5, 0.6) is 0 Å². The molecule has 0 heterocycles. The SMILES string of the molecule is CN(C)/C(=C(/F)CF)C(F)(F)F. The van der Waals surface area contributed by atoms with Crippen LogP contribution in [0, 0.1) is 0 Å². The number of nitrogens with zero attached hydrogens (tertiary/aromatic N) is 1. The first kappa shape index (κ1) is 11.2. The lowest BCUT2D eigenvalue weighted by molar-refractivity contribution is -0.110. The maximum Gasteiger partial charge on any atom is 0.433 e. The summed E-state index contributed by atoms with van der Waals surface area (Å²) in [6, 6.07) is 0. The maximum absolute atomic E-state index is 12.3. The van der Waals surface area contributed by atoms with Gasteiger partial charge in [0, 0.05) is 14.1 Å². The van der Waals surface area contributed by atoms with E-state index in [1.54, 1.807) is 0 Å². The van der Waals surface area contributed by atoms with Crippen molar-refractivity contribution in [3.05, 3.63) is 11.5 Å². The van der Waals surface area contributed by atoms with Crippen LogP contribution in [-0.2, 0) is 0 Å². The Bertz CT molecular complexity index is 181. The summed E-state index contributed by atoms with van der Waals surface area (Å²) in [4.78, 5) is 0.495. The first-order valence-electron chi connectivity index (χ1n) is 2.99. The summed E-state index contributed by atoms with van der Waals surface area (Å²) in [6.45, 7) is -1.74. The van der Waals surface area contributed by atoms with Crippen molar-refractivity contribution in [2.24, 2.45) is 0 Å². The summed E-state index contributed by atoms with van der Waals surface area (Å²) >= 11 is 0. The molecule has 0 rings (SSSR count). The standard InChI is InChI=1S/C6H8F5N/c1-12(2)5(4(8)3-7)6(9,10)11/h3H2,1-2H3/b5-4+. The molecule has 6 heteroatoms. The molecule has 0 bridgehead atoms. The molecule has 72 valence electrons. The van der Waals surface area contributed by atoms with Crippen molar-refractivity contribution in [3.8, 4) is 0 Å². The Morgan fingerprint density at radius 1 is 1.25 bits per heavy atom. The minimum absolute atomic E-state index is 0.495. The van der Waals surface area contributed by atoms with Crippen LogP contribution >= 0.6 is 0 Å². The molecule has 0 aliphatic rings. The zero-order valence-electron chi connectivity index (χ0n) is 6.54. The van der Waals surface area contributed by atoms with Gasteiger partial charge < -0.3 is 4.90 Å². The van der Waals surface area contributed by atoms with Crippen LogP contribution < -0.4 is 0 Å². The highest BCUT2D eigenvalue weighted by Crippen LogP contribution is 2.30. The van der Waals surface area contributed by atoms with Crippen molar-refractivity contribution in [1.82, 2.24) is 4.90 Å². The summed E-state index contributed by atoms with van der Waals surface area (Å²) in [5.74, 6) is -1.80. The predicted molar refractivity (Wildman–Crippen MR) is 33.9 cm³/mol. The van der Waals surface area contributed by atoms with Gasteiger partial charge in [0.15, 0.2) is 11.5 Å². The van der Waals surface area contributed by atoms with Gasteiger partial charge in [0.25, 0.3) is 0 Å². The molecule has 0 aromatic rings. The molecule has 0 aliphatic carbocycles. The van der Waals surface area contributed by atoms with Crippen LogP contribution in [0.25, 0.3) is 0 Å². The first-order chi connectivity index (χ1) is 5.30. The summed E-state index contributed by atoms with van der Waals surface area (Å²) in [5.41, 5.74) is -1.58. The van der Waals surface area contributed by atoms with Gasteiger partial charge in [0.1, 0.15) is 6.67 Å². The molecule has 1 nitrogen and oxygen atoms in total. The van der Waals surface area contributed by atoms with Gasteiger partial charge in [-0.25, -0.2) is 8.78 Å². The van der Waals surface area contributed by atoms with Gasteiger partial charge in [-0.1, -0.05) is 0 Å². The van der Waals surface area contributed by atoms with Crippen LogP contribution in [0.15, 0.2) is 11.5 Å². The van der Waals surface area contributed by atoms with Crippen LogP contribution in [0.4, 0.5) is 22.0 Å². The van der Waals surface area contributed by atoms with Gasteiger partial charge in [0.2, 0.25) is 0 Å². The normalized spacial score (nSPS) is 14.2. The summed E-state index contributed by atoms with van der Waals surface area (Å²) in [6.07, 6.45) is -4.85. The smallest absolute Gasteiger partial charge is 0.371 e. The third kappa shape index (κ3) is 2.67. The van der Waals surface area contributed by atoms with E-state index in [4.69, 9.17) is 0 Å². The fraction of sp³-hybridized carbons (Fsp3) is 0.667. The minimum atomic E-state index is -4.85. The Morgan fingerprint density at radius 3 is 1.75 bits per heavy atom. The summed E-state index contributed by atoms with van der Waals surface area (Å²) in [5, 5.41) is 0. The second-order valence-corrected chi connectivity index (χ2v) is 2.28. The Balaban J connectivity index is 4.93. The van der Waals surface area contributed by atoms with Crippen LogP contribution in [0.3, 0.4) is 0 Å². The van der Waals surface area contributed by atoms with Gasteiger partial charge in [-0.2, -0.15) is 13.2 Å². The number of halogens is 5. The van der Waals surface area contributed by atoms with E-state index in [0.717, 1.165) is 14.1 Å². The Kier molecular flexibility index (Phi) is 3.48. The summed E-state index contributed by atoms with van der Waals surface area (Å²) < 4.78 is 59.6. The van der Waals surface area contributed by atoms with E-state index in [9.17, 15) is 22.0 Å². The van der Waals surface area contributed by atoms with Crippen LogP contribution in [-0.4, -0.2) is 31.8 Å². The number of hydrogen-bond donors (Lipinski definition) is 0. The van der Waals surface area contributed by atoms with Gasteiger partial charge in [-0.3, -0.25) is 0 Å². The molecule has 0 unspecified atom stereocenters. The Labute approximate surface area is 66.5 Å².